The molecule has 0 N–H and O–H groups in total. The largest absolute Gasteiger partial charge is 0.302 e. The number of aromatic nitrogens is 3. The minimum atomic E-state index is -0.593. The zero-order valence-electron chi connectivity index (χ0n) is 15.8. The molecule has 0 amide bonds. The van der Waals surface area contributed by atoms with Gasteiger partial charge in [-0.1, -0.05) is 19.9 Å². The number of hydrogen-bond donors (Lipinski definition) is 0. The smallest absolute Gasteiger partial charge is 0.186 e. The molecule has 3 aromatic rings. The highest BCUT2D eigenvalue weighted by molar-refractivity contribution is 9.10. The Bertz CT molecular complexity index is 951. The summed E-state index contributed by atoms with van der Waals surface area (Å²) in [4.78, 5) is 20.9. The van der Waals surface area contributed by atoms with Crippen LogP contribution in [0.3, 0.4) is 0 Å². The molecule has 0 unspecified atom stereocenters. The van der Waals surface area contributed by atoms with Gasteiger partial charge in [0.15, 0.2) is 30.3 Å². The molecule has 2 aromatic heterocycles. The first-order valence-corrected chi connectivity index (χ1v) is 10.2. The Balaban J connectivity index is 0.000000191. The monoisotopic (exact) mass is 470 g/mol. The van der Waals surface area contributed by atoms with E-state index in [1.165, 1.54) is 23.4 Å². The van der Waals surface area contributed by atoms with Crippen molar-refractivity contribution in [3.63, 3.8) is 0 Å². The van der Waals surface area contributed by atoms with Crippen LogP contribution >= 0.6 is 28.3 Å². The third kappa shape index (κ3) is 4.95. The van der Waals surface area contributed by atoms with Crippen LogP contribution in [0.1, 0.15) is 35.7 Å². The highest BCUT2D eigenvalue weighted by atomic mass is 79.9. The fraction of sp³-hybridized carbons (Fsp3) is 0.316. The zero-order chi connectivity index (χ0) is 20.7. The predicted molar refractivity (Wildman–Crippen MR) is 112 cm³/mol. The lowest BCUT2D eigenvalue weighted by molar-refractivity contribution is 0.111. The summed E-state index contributed by atoms with van der Waals surface area (Å²) in [6.45, 7) is 6.20. The average Bonchev–Trinajstić information content (AvgIpc) is 3.13. The SMILES string of the molecule is CC.CN1CCc2ncccc2C1.O=Cc1nc2c(F)ccc(Br)c2n1SF. The molecule has 1 aliphatic heterocycles. The lowest BCUT2D eigenvalue weighted by Crippen LogP contribution is -2.26. The topological polar surface area (TPSA) is 51.0 Å². The molecule has 0 fully saturated rings. The number of halogens is 3. The van der Waals surface area contributed by atoms with Gasteiger partial charge in [-0.25, -0.2) is 13.3 Å². The van der Waals surface area contributed by atoms with Crippen LogP contribution < -0.4 is 0 Å². The highest BCUT2D eigenvalue weighted by Gasteiger charge is 2.16. The summed E-state index contributed by atoms with van der Waals surface area (Å²) in [5.41, 5.74) is 2.85. The van der Waals surface area contributed by atoms with E-state index in [9.17, 15) is 13.1 Å². The molecule has 0 atom stereocenters. The van der Waals surface area contributed by atoms with Gasteiger partial charge >= 0.3 is 0 Å². The molecule has 28 heavy (non-hydrogen) atoms. The summed E-state index contributed by atoms with van der Waals surface area (Å²) in [6, 6.07) is 6.80. The molecule has 0 saturated heterocycles. The van der Waals surface area contributed by atoms with Gasteiger partial charge in [-0.15, -0.1) is 3.89 Å². The van der Waals surface area contributed by atoms with E-state index in [1.54, 1.807) is 0 Å². The summed E-state index contributed by atoms with van der Waals surface area (Å²) in [5.74, 6) is -0.757. The van der Waals surface area contributed by atoms with Gasteiger partial charge in [-0.3, -0.25) is 9.78 Å². The molecular weight excluding hydrogens is 450 g/mol. The molecule has 0 bridgehead atoms. The molecule has 5 nitrogen and oxygen atoms in total. The van der Waals surface area contributed by atoms with Crippen molar-refractivity contribution in [2.24, 2.45) is 0 Å². The fourth-order valence-corrected chi connectivity index (χ4v) is 3.78. The van der Waals surface area contributed by atoms with Gasteiger partial charge in [0.1, 0.15) is 5.52 Å². The molecule has 4 rings (SSSR count). The van der Waals surface area contributed by atoms with Gasteiger partial charge in [0.2, 0.25) is 0 Å². The van der Waals surface area contributed by atoms with E-state index in [0.29, 0.717) is 10.8 Å². The van der Waals surface area contributed by atoms with Crippen LogP contribution in [-0.2, 0) is 13.0 Å². The zero-order valence-corrected chi connectivity index (χ0v) is 18.2. The number of pyridine rings is 1. The van der Waals surface area contributed by atoms with Crippen molar-refractivity contribution in [2.75, 3.05) is 13.6 Å². The second kappa shape index (κ2) is 10.6. The van der Waals surface area contributed by atoms with E-state index in [1.807, 2.05) is 26.1 Å². The Labute approximate surface area is 175 Å². The van der Waals surface area contributed by atoms with E-state index in [4.69, 9.17) is 0 Å². The first-order valence-electron chi connectivity index (χ1n) is 8.77. The summed E-state index contributed by atoms with van der Waals surface area (Å²) < 4.78 is 27.3. The normalized spacial score (nSPS) is 13.1. The minimum absolute atomic E-state index is 0.0309. The van der Waals surface area contributed by atoms with Crippen LogP contribution in [0.15, 0.2) is 34.9 Å². The van der Waals surface area contributed by atoms with Crippen molar-refractivity contribution in [1.29, 1.82) is 0 Å². The van der Waals surface area contributed by atoms with Crippen LogP contribution in [0.2, 0.25) is 0 Å². The standard InChI is InChI=1S/C9H12N2.C8H3BrF2N2OS.C2H6/c1-11-6-4-9-8(7-11)3-2-5-10-9;9-4-1-2-5(10)7-8(4)13(15-11)6(3-14)12-7;1-2/h2-3,5H,4,6-7H2,1H3;1-3H;1-2H3. The Morgan fingerprint density at radius 2 is 2.04 bits per heavy atom. The van der Waals surface area contributed by atoms with Crippen molar-refractivity contribution in [3.8, 4) is 0 Å². The molecule has 0 saturated carbocycles. The number of likely N-dealkylation sites (N-methyl/N-ethyl adjacent to an activating group) is 1. The Morgan fingerprint density at radius 1 is 1.29 bits per heavy atom. The minimum Gasteiger partial charge on any atom is -0.302 e. The molecule has 0 aliphatic carbocycles. The molecule has 1 aromatic carbocycles. The van der Waals surface area contributed by atoms with E-state index in [0.717, 1.165) is 23.5 Å². The van der Waals surface area contributed by atoms with Crippen LogP contribution in [0.5, 0.6) is 0 Å². The molecule has 0 radical (unpaired) electrons. The second-order valence-electron chi connectivity index (χ2n) is 5.77. The third-order valence-corrected chi connectivity index (χ3v) is 5.17. The number of hydrogen-bond acceptors (Lipinski definition) is 5. The predicted octanol–water partition coefficient (Wildman–Crippen LogP) is 5.23. The number of nitrogens with zero attached hydrogens (tertiary/aromatic N) is 4. The quantitative estimate of drug-likeness (QED) is 0.480. The van der Waals surface area contributed by atoms with Gasteiger partial charge in [0, 0.05) is 35.9 Å². The fourth-order valence-electron chi connectivity index (χ4n) is 2.76. The van der Waals surface area contributed by atoms with Crippen molar-refractivity contribution >= 4 is 45.6 Å². The maximum Gasteiger partial charge on any atom is 0.186 e. The lowest BCUT2D eigenvalue weighted by Gasteiger charge is -2.23. The third-order valence-electron chi connectivity index (χ3n) is 4.02. The van der Waals surface area contributed by atoms with Crippen molar-refractivity contribution < 1.29 is 13.1 Å². The maximum absolute atomic E-state index is 13.3. The summed E-state index contributed by atoms with van der Waals surface area (Å²) in [6.07, 6.45) is 3.36. The average molecular weight is 471 g/mol. The first kappa shape index (κ1) is 22.4. The summed E-state index contributed by atoms with van der Waals surface area (Å²) in [7, 11) is 2.15. The van der Waals surface area contributed by atoms with Gasteiger partial charge in [0.05, 0.1) is 5.52 Å². The van der Waals surface area contributed by atoms with E-state index >= 15 is 0 Å². The molecule has 0 spiro atoms. The molecular formula is C19H21BrF2N4OS. The van der Waals surface area contributed by atoms with Crippen molar-refractivity contribution in [2.45, 2.75) is 26.8 Å². The molecule has 150 valence electrons. The summed E-state index contributed by atoms with van der Waals surface area (Å²) >= 11 is 2.95. The molecule has 9 heteroatoms. The van der Waals surface area contributed by atoms with Crippen LogP contribution in [-0.4, -0.2) is 38.7 Å². The van der Waals surface area contributed by atoms with Crippen LogP contribution in [0, 0.1) is 5.82 Å². The van der Waals surface area contributed by atoms with E-state index in [2.05, 4.69) is 43.9 Å². The van der Waals surface area contributed by atoms with E-state index in [-0.39, 0.29) is 29.2 Å². The number of aldehydes is 1. The first-order chi connectivity index (χ1) is 13.5. The van der Waals surface area contributed by atoms with Gasteiger partial charge in [0.25, 0.3) is 0 Å². The number of carbonyl (C=O) groups is 1. The number of rotatable bonds is 2. The van der Waals surface area contributed by atoms with E-state index < -0.39 is 5.82 Å². The number of imidazole rings is 1. The van der Waals surface area contributed by atoms with Crippen LogP contribution in [0.25, 0.3) is 11.0 Å². The number of carbonyl (C=O) groups excluding carboxylic acids is 1. The number of benzene rings is 1. The Kier molecular flexibility index (Phi) is 8.53. The second-order valence-corrected chi connectivity index (χ2v) is 7.13. The van der Waals surface area contributed by atoms with Gasteiger partial charge in [-0.05, 0) is 46.7 Å². The van der Waals surface area contributed by atoms with Crippen molar-refractivity contribution in [1.82, 2.24) is 18.8 Å². The molecule has 3 heterocycles. The summed E-state index contributed by atoms with van der Waals surface area (Å²) in [5, 5.41) is 0. The van der Waals surface area contributed by atoms with Crippen LogP contribution in [0.4, 0.5) is 8.28 Å². The Morgan fingerprint density at radius 3 is 2.71 bits per heavy atom. The lowest BCUT2D eigenvalue weighted by atomic mass is 10.1. The molecule has 1 aliphatic rings. The van der Waals surface area contributed by atoms with Crippen molar-refractivity contribution in [3.05, 3.63) is 57.8 Å². The number of fused-ring (bicyclic) bond motifs is 2. The Hall–Kier alpha value is -1.84. The van der Waals surface area contributed by atoms with Gasteiger partial charge < -0.3 is 4.90 Å². The highest BCUT2D eigenvalue weighted by Crippen LogP contribution is 2.30. The maximum atomic E-state index is 13.3. The van der Waals surface area contributed by atoms with Gasteiger partial charge in [-0.2, -0.15) is 0 Å².